The number of nitrogens with two attached hydrogens (primary N) is 1. The Morgan fingerprint density at radius 2 is 1.91 bits per heavy atom. The van der Waals surface area contributed by atoms with Gasteiger partial charge in [0.2, 0.25) is 5.91 Å². The number of carbonyl (C=O) groups is 3. The Labute approximate surface area is 129 Å². The monoisotopic (exact) mass is 304 g/mol. The summed E-state index contributed by atoms with van der Waals surface area (Å²) in [5.74, 6) is -1.46. The van der Waals surface area contributed by atoms with Crippen molar-refractivity contribution < 1.29 is 19.1 Å². The molecule has 1 fully saturated rings. The molecule has 2 rings (SSSR count). The first-order chi connectivity index (χ1) is 10.5. The number of hydrogen-bond acceptors (Lipinski definition) is 4. The highest BCUT2D eigenvalue weighted by Gasteiger charge is 2.30. The SMILES string of the molecule is Cc1ccc(C(=O)OCC(=O)N2CCCC[C@@H]2C(N)=O)cc1. The van der Waals surface area contributed by atoms with E-state index in [1.165, 1.54) is 4.90 Å². The third kappa shape index (κ3) is 3.84. The molecule has 2 N–H and O–H groups in total. The molecule has 2 amide bonds. The zero-order valence-corrected chi connectivity index (χ0v) is 12.6. The van der Waals surface area contributed by atoms with E-state index in [0.717, 1.165) is 18.4 Å². The lowest BCUT2D eigenvalue weighted by molar-refractivity contribution is -0.143. The van der Waals surface area contributed by atoms with Crippen LogP contribution < -0.4 is 5.73 Å². The van der Waals surface area contributed by atoms with Crippen molar-refractivity contribution in [3.05, 3.63) is 35.4 Å². The minimum Gasteiger partial charge on any atom is -0.452 e. The second-order valence-corrected chi connectivity index (χ2v) is 5.44. The van der Waals surface area contributed by atoms with E-state index in [-0.39, 0.29) is 12.5 Å². The minimum absolute atomic E-state index is 0.378. The Kier molecular flexibility index (Phi) is 5.14. The van der Waals surface area contributed by atoms with E-state index in [1.807, 2.05) is 6.92 Å². The first-order valence-corrected chi connectivity index (χ1v) is 7.31. The molecule has 0 spiro atoms. The number of likely N-dealkylation sites (tertiary alicyclic amines) is 1. The Bertz CT molecular complexity index is 568. The summed E-state index contributed by atoms with van der Waals surface area (Å²) in [5, 5.41) is 0. The van der Waals surface area contributed by atoms with Gasteiger partial charge in [0.25, 0.3) is 5.91 Å². The minimum atomic E-state index is -0.598. The zero-order valence-electron chi connectivity index (χ0n) is 12.6. The van der Waals surface area contributed by atoms with Crippen LogP contribution in [0.5, 0.6) is 0 Å². The number of rotatable bonds is 4. The summed E-state index contributed by atoms with van der Waals surface area (Å²) in [6.45, 7) is 2.00. The summed E-state index contributed by atoms with van der Waals surface area (Å²) in [6, 6.07) is 6.29. The lowest BCUT2D eigenvalue weighted by Crippen LogP contribution is -2.51. The summed E-state index contributed by atoms with van der Waals surface area (Å²) in [6.07, 6.45) is 2.24. The summed E-state index contributed by atoms with van der Waals surface area (Å²) in [5.41, 5.74) is 6.74. The fraction of sp³-hybridized carbons (Fsp3) is 0.438. The van der Waals surface area contributed by atoms with Gasteiger partial charge in [-0.2, -0.15) is 0 Å². The topological polar surface area (TPSA) is 89.7 Å². The highest BCUT2D eigenvalue weighted by molar-refractivity contribution is 5.92. The molecule has 0 bridgehead atoms. The molecular formula is C16H20N2O4. The standard InChI is InChI=1S/C16H20N2O4/c1-11-5-7-12(8-6-11)16(21)22-10-14(19)18-9-3-2-4-13(18)15(17)20/h5-8,13H,2-4,9-10H2,1H3,(H2,17,20)/t13-/m1/s1. The van der Waals surface area contributed by atoms with E-state index in [9.17, 15) is 14.4 Å². The van der Waals surface area contributed by atoms with Gasteiger partial charge in [-0.3, -0.25) is 9.59 Å². The van der Waals surface area contributed by atoms with Crippen molar-refractivity contribution in [2.45, 2.75) is 32.2 Å². The summed E-state index contributed by atoms with van der Waals surface area (Å²) >= 11 is 0. The molecule has 0 aromatic heterocycles. The first kappa shape index (κ1) is 16.0. The molecule has 6 nitrogen and oxygen atoms in total. The molecule has 0 saturated carbocycles. The number of benzene rings is 1. The predicted molar refractivity (Wildman–Crippen MR) is 80.0 cm³/mol. The smallest absolute Gasteiger partial charge is 0.338 e. The van der Waals surface area contributed by atoms with Crippen molar-refractivity contribution in [1.82, 2.24) is 4.90 Å². The summed E-state index contributed by atoms with van der Waals surface area (Å²) in [7, 11) is 0. The van der Waals surface area contributed by atoms with Crippen molar-refractivity contribution >= 4 is 17.8 Å². The molecule has 6 heteroatoms. The summed E-state index contributed by atoms with van der Waals surface area (Å²) < 4.78 is 5.03. The molecule has 1 aromatic carbocycles. The maximum atomic E-state index is 12.1. The summed E-state index contributed by atoms with van der Waals surface area (Å²) in [4.78, 5) is 36.8. The molecule has 0 unspecified atom stereocenters. The van der Waals surface area contributed by atoms with Gasteiger partial charge in [0, 0.05) is 6.54 Å². The van der Waals surface area contributed by atoms with Gasteiger partial charge in [-0.05, 0) is 38.3 Å². The van der Waals surface area contributed by atoms with Crippen LogP contribution in [-0.2, 0) is 14.3 Å². The van der Waals surface area contributed by atoms with Crippen molar-refractivity contribution in [3.8, 4) is 0 Å². The van der Waals surface area contributed by atoms with Gasteiger partial charge in [0.15, 0.2) is 6.61 Å². The van der Waals surface area contributed by atoms with Crippen LogP contribution >= 0.6 is 0 Å². The van der Waals surface area contributed by atoms with E-state index < -0.39 is 17.9 Å². The van der Waals surface area contributed by atoms with Gasteiger partial charge < -0.3 is 15.4 Å². The van der Waals surface area contributed by atoms with Gasteiger partial charge in [-0.25, -0.2) is 4.79 Å². The highest BCUT2D eigenvalue weighted by atomic mass is 16.5. The van der Waals surface area contributed by atoms with Crippen LogP contribution in [0.4, 0.5) is 0 Å². The Morgan fingerprint density at radius 1 is 1.23 bits per heavy atom. The largest absolute Gasteiger partial charge is 0.452 e. The number of ether oxygens (including phenoxy) is 1. The van der Waals surface area contributed by atoms with Gasteiger partial charge in [-0.15, -0.1) is 0 Å². The molecule has 1 atom stereocenters. The average Bonchev–Trinajstić information content (AvgIpc) is 2.53. The highest BCUT2D eigenvalue weighted by Crippen LogP contribution is 2.17. The van der Waals surface area contributed by atoms with Crippen LogP contribution in [-0.4, -0.2) is 41.9 Å². The molecule has 1 heterocycles. The number of aryl methyl sites for hydroxylation is 1. The molecule has 1 aliphatic rings. The second kappa shape index (κ2) is 7.06. The van der Waals surface area contributed by atoms with Crippen LogP contribution in [0.25, 0.3) is 0 Å². The van der Waals surface area contributed by atoms with Crippen LogP contribution in [0, 0.1) is 6.92 Å². The quantitative estimate of drug-likeness (QED) is 0.841. The number of nitrogens with zero attached hydrogens (tertiary/aromatic N) is 1. The average molecular weight is 304 g/mol. The molecule has 1 aliphatic heterocycles. The van der Waals surface area contributed by atoms with Crippen LogP contribution in [0.3, 0.4) is 0 Å². The third-order valence-electron chi connectivity index (χ3n) is 3.77. The lowest BCUT2D eigenvalue weighted by Gasteiger charge is -2.33. The Balaban J connectivity index is 1.92. The number of amides is 2. The van der Waals surface area contributed by atoms with Gasteiger partial charge in [0.05, 0.1) is 5.56 Å². The number of piperidine rings is 1. The van der Waals surface area contributed by atoms with Gasteiger partial charge in [-0.1, -0.05) is 17.7 Å². The van der Waals surface area contributed by atoms with Crippen LogP contribution in [0.1, 0.15) is 35.2 Å². The van der Waals surface area contributed by atoms with Crippen molar-refractivity contribution in [1.29, 1.82) is 0 Å². The molecule has 1 aromatic rings. The van der Waals surface area contributed by atoms with Crippen molar-refractivity contribution in [2.24, 2.45) is 5.73 Å². The Hall–Kier alpha value is -2.37. The third-order valence-corrected chi connectivity index (χ3v) is 3.77. The van der Waals surface area contributed by atoms with Crippen LogP contribution in [0.2, 0.25) is 0 Å². The van der Waals surface area contributed by atoms with Crippen molar-refractivity contribution in [3.63, 3.8) is 0 Å². The van der Waals surface area contributed by atoms with E-state index in [4.69, 9.17) is 10.5 Å². The molecular weight excluding hydrogens is 284 g/mol. The normalized spacial score (nSPS) is 17.9. The van der Waals surface area contributed by atoms with E-state index in [0.29, 0.717) is 18.5 Å². The fourth-order valence-electron chi connectivity index (χ4n) is 2.51. The van der Waals surface area contributed by atoms with E-state index >= 15 is 0 Å². The van der Waals surface area contributed by atoms with Crippen molar-refractivity contribution in [2.75, 3.05) is 13.2 Å². The lowest BCUT2D eigenvalue weighted by atomic mass is 10.0. The molecule has 1 saturated heterocycles. The Morgan fingerprint density at radius 3 is 2.55 bits per heavy atom. The maximum absolute atomic E-state index is 12.1. The number of hydrogen-bond donors (Lipinski definition) is 1. The van der Waals surface area contributed by atoms with Gasteiger partial charge in [0.1, 0.15) is 6.04 Å². The second-order valence-electron chi connectivity index (χ2n) is 5.44. The van der Waals surface area contributed by atoms with E-state index in [2.05, 4.69) is 0 Å². The molecule has 118 valence electrons. The van der Waals surface area contributed by atoms with Crippen LogP contribution in [0.15, 0.2) is 24.3 Å². The van der Waals surface area contributed by atoms with E-state index in [1.54, 1.807) is 24.3 Å². The number of carbonyl (C=O) groups excluding carboxylic acids is 3. The molecule has 0 aliphatic carbocycles. The number of primary amides is 1. The maximum Gasteiger partial charge on any atom is 0.338 e. The molecule has 0 radical (unpaired) electrons. The zero-order chi connectivity index (χ0) is 16.1. The number of esters is 1. The predicted octanol–water partition coefficient (Wildman–Crippen LogP) is 1.02. The molecule has 22 heavy (non-hydrogen) atoms. The van der Waals surface area contributed by atoms with Gasteiger partial charge >= 0.3 is 5.97 Å². The fourth-order valence-corrected chi connectivity index (χ4v) is 2.51. The first-order valence-electron chi connectivity index (χ1n) is 7.31.